The molecule has 1 aliphatic rings. The Morgan fingerprint density at radius 2 is 1.67 bits per heavy atom. The molecule has 1 heterocycles. The van der Waals surface area contributed by atoms with Gasteiger partial charge in [-0.15, -0.1) is 0 Å². The van der Waals surface area contributed by atoms with Crippen LogP contribution in [0.2, 0.25) is 0 Å². The quantitative estimate of drug-likeness (QED) is 0.782. The molecule has 0 saturated carbocycles. The molecule has 1 aliphatic heterocycles. The summed E-state index contributed by atoms with van der Waals surface area (Å²) in [4.78, 5) is 4.53. The van der Waals surface area contributed by atoms with Crippen LogP contribution in [0.3, 0.4) is 0 Å². The predicted molar refractivity (Wildman–Crippen MR) is 76.7 cm³/mol. The zero-order valence-corrected chi connectivity index (χ0v) is 11.3. The summed E-state index contributed by atoms with van der Waals surface area (Å²) in [5.74, 6) is 0. The monoisotopic (exact) mass is 289 g/mol. The van der Waals surface area contributed by atoms with Crippen LogP contribution < -0.4 is 0 Å². The van der Waals surface area contributed by atoms with Crippen LogP contribution in [0.4, 0.5) is 13.2 Å². The van der Waals surface area contributed by atoms with Gasteiger partial charge in [0, 0.05) is 18.7 Å². The zero-order chi connectivity index (χ0) is 14.9. The van der Waals surface area contributed by atoms with Crippen LogP contribution in [0, 0.1) is 0 Å². The lowest BCUT2D eigenvalue weighted by Crippen LogP contribution is -2.15. The molecule has 0 bridgehead atoms. The van der Waals surface area contributed by atoms with E-state index in [4.69, 9.17) is 0 Å². The van der Waals surface area contributed by atoms with Crippen LogP contribution >= 0.6 is 0 Å². The van der Waals surface area contributed by atoms with Crippen molar-refractivity contribution < 1.29 is 13.2 Å². The molecule has 2 aromatic carbocycles. The molecule has 4 heteroatoms. The lowest BCUT2D eigenvalue weighted by atomic mass is 9.93. The third kappa shape index (κ3) is 2.99. The van der Waals surface area contributed by atoms with Gasteiger partial charge in [0.05, 0.1) is 5.56 Å². The Balaban J connectivity index is 1.83. The second-order valence-electron chi connectivity index (χ2n) is 5.11. The predicted octanol–water partition coefficient (Wildman–Crippen LogP) is 4.29. The van der Waals surface area contributed by atoms with E-state index in [0.717, 1.165) is 41.9 Å². The van der Waals surface area contributed by atoms with Crippen LogP contribution in [-0.4, -0.2) is 12.3 Å². The zero-order valence-electron chi connectivity index (χ0n) is 11.3. The van der Waals surface area contributed by atoms with Crippen molar-refractivity contribution in [1.82, 2.24) is 0 Å². The van der Waals surface area contributed by atoms with E-state index in [9.17, 15) is 13.2 Å². The normalized spacial score (nSPS) is 14.5. The highest BCUT2D eigenvalue weighted by Crippen LogP contribution is 2.29. The largest absolute Gasteiger partial charge is 0.416 e. The van der Waals surface area contributed by atoms with Gasteiger partial charge in [-0.2, -0.15) is 13.2 Å². The lowest BCUT2D eigenvalue weighted by Gasteiger charge is -2.17. The minimum Gasteiger partial charge on any atom is -0.288 e. The Kier molecular flexibility index (Phi) is 3.53. The number of halogens is 3. The maximum atomic E-state index is 12.6. The number of rotatable bonds is 2. The van der Waals surface area contributed by atoms with E-state index in [1.54, 1.807) is 0 Å². The van der Waals surface area contributed by atoms with Crippen molar-refractivity contribution in [3.05, 3.63) is 70.8 Å². The number of hydrogen-bond donors (Lipinski definition) is 0. The lowest BCUT2D eigenvalue weighted by molar-refractivity contribution is -0.137. The van der Waals surface area contributed by atoms with Crippen LogP contribution in [-0.2, 0) is 19.0 Å². The van der Waals surface area contributed by atoms with E-state index >= 15 is 0 Å². The molecule has 0 fully saturated rings. The fraction of sp³-hybridized carbons (Fsp3) is 0.235. The molecule has 0 aromatic heterocycles. The first-order valence-corrected chi connectivity index (χ1v) is 6.82. The van der Waals surface area contributed by atoms with Gasteiger partial charge in [-0.1, -0.05) is 36.4 Å². The maximum absolute atomic E-state index is 12.6. The maximum Gasteiger partial charge on any atom is 0.416 e. The molecule has 1 nitrogen and oxygen atoms in total. The van der Waals surface area contributed by atoms with Gasteiger partial charge < -0.3 is 0 Å². The highest BCUT2D eigenvalue weighted by atomic mass is 19.4. The number of hydrogen-bond acceptors (Lipinski definition) is 1. The fourth-order valence-corrected chi connectivity index (χ4v) is 2.57. The van der Waals surface area contributed by atoms with Crippen molar-refractivity contribution in [2.75, 3.05) is 6.54 Å². The van der Waals surface area contributed by atoms with Crippen molar-refractivity contribution in [1.29, 1.82) is 0 Å². The first-order valence-electron chi connectivity index (χ1n) is 6.82. The van der Waals surface area contributed by atoms with Crippen LogP contribution in [0.15, 0.2) is 53.5 Å². The average molecular weight is 289 g/mol. The van der Waals surface area contributed by atoms with Gasteiger partial charge in [0.25, 0.3) is 0 Å². The van der Waals surface area contributed by atoms with E-state index in [1.807, 2.05) is 18.2 Å². The molecule has 0 aliphatic carbocycles. The molecule has 0 atom stereocenters. The van der Waals surface area contributed by atoms with Crippen molar-refractivity contribution in [3.63, 3.8) is 0 Å². The van der Waals surface area contributed by atoms with Crippen LogP contribution in [0.1, 0.15) is 22.3 Å². The van der Waals surface area contributed by atoms with Gasteiger partial charge in [0.15, 0.2) is 0 Å². The minimum atomic E-state index is -4.28. The average Bonchev–Trinajstić information content (AvgIpc) is 2.47. The molecular formula is C17H14F3N. The molecule has 21 heavy (non-hydrogen) atoms. The highest BCUT2D eigenvalue weighted by Gasteiger charge is 2.30. The van der Waals surface area contributed by atoms with Crippen molar-refractivity contribution in [3.8, 4) is 0 Å². The minimum absolute atomic E-state index is 0.565. The summed E-state index contributed by atoms with van der Waals surface area (Å²) in [6.07, 6.45) is -2.80. The Hall–Kier alpha value is -2.10. The van der Waals surface area contributed by atoms with Gasteiger partial charge in [0.2, 0.25) is 0 Å². The number of benzene rings is 2. The summed E-state index contributed by atoms with van der Waals surface area (Å²) >= 11 is 0. The van der Waals surface area contributed by atoms with E-state index in [0.29, 0.717) is 6.42 Å². The van der Waals surface area contributed by atoms with Gasteiger partial charge in [-0.3, -0.25) is 4.99 Å². The second kappa shape index (κ2) is 5.35. The Morgan fingerprint density at radius 1 is 0.952 bits per heavy atom. The summed E-state index contributed by atoms with van der Waals surface area (Å²) < 4.78 is 37.7. The molecule has 108 valence electrons. The molecule has 0 N–H and O–H groups in total. The molecule has 0 saturated heterocycles. The smallest absolute Gasteiger partial charge is 0.288 e. The van der Waals surface area contributed by atoms with E-state index in [-0.39, 0.29) is 0 Å². The van der Waals surface area contributed by atoms with E-state index in [2.05, 4.69) is 11.1 Å². The standard InChI is InChI=1S/C17H14F3N/c18-17(19,20)14-7-5-12(6-8-14)11-16-15-4-2-1-3-13(15)9-10-21-16/h1-8H,9-11H2. The third-order valence-corrected chi connectivity index (χ3v) is 3.66. The molecule has 3 rings (SSSR count). The topological polar surface area (TPSA) is 12.4 Å². The summed E-state index contributed by atoms with van der Waals surface area (Å²) in [5, 5.41) is 0. The molecule has 0 amide bonds. The summed E-state index contributed by atoms with van der Waals surface area (Å²) in [5.41, 5.74) is 3.56. The Labute approximate surface area is 121 Å². The molecular weight excluding hydrogens is 275 g/mol. The molecule has 0 unspecified atom stereocenters. The van der Waals surface area contributed by atoms with Crippen LogP contribution in [0.5, 0.6) is 0 Å². The van der Waals surface area contributed by atoms with Gasteiger partial charge in [-0.05, 0) is 35.2 Å². The molecule has 0 spiro atoms. The van der Waals surface area contributed by atoms with Crippen molar-refractivity contribution in [2.24, 2.45) is 4.99 Å². The number of aliphatic imine (C=N–C) groups is 1. The van der Waals surface area contributed by atoms with Gasteiger partial charge in [-0.25, -0.2) is 0 Å². The number of fused-ring (bicyclic) bond motifs is 1. The number of nitrogens with zero attached hydrogens (tertiary/aromatic N) is 1. The first kappa shape index (κ1) is 13.9. The second-order valence-corrected chi connectivity index (χ2v) is 5.11. The van der Waals surface area contributed by atoms with E-state index in [1.165, 1.54) is 17.7 Å². The van der Waals surface area contributed by atoms with E-state index < -0.39 is 11.7 Å². The SMILES string of the molecule is FC(F)(F)c1ccc(CC2=NCCc3ccccc32)cc1. The van der Waals surface area contributed by atoms with Gasteiger partial charge >= 0.3 is 6.18 Å². The van der Waals surface area contributed by atoms with Gasteiger partial charge in [0.1, 0.15) is 0 Å². The Morgan fingerprint density at radius 3 is 2.38 bits per heavy atom. The first-order chi connectivity index (χ1) is 10.0. The third-order valence-electron chi connectivity index (χ3n) is 3.66. The fourth-order valence-electron chi connectivity index (χ4n) is 2.57. The molecule has 2 aromatic rings. The summed E-state index contributed by atoms with van der Waals surface area (Å²) in [6.45, 7) is 0.743. The van der Waals surface area contributed by atoms with Crippen molar-refractivity contribution in [2.45, 2.75) is 19.0 Å². The summed E-state index contributed by atoms with van der Waals surface area (Å²) in [7, 11) is 0. The molecule has 0 radical (unpaired) electrons. The summed E-state index contributed by atoms with van der Waals surface area (Å²) in [6, 6.07) is 13.4. The Bertz CT molecular complexity index is 669. The van der Waals surface area contributed by atoms with Crippen molar-refractivity contribution >= 4 is 5.71 Å². The highest BCUT2D eigenvalue weighted by molar-refractivity contribution is 6.03. The van der Waals surface area contributed by atoms with Crippen LogP contribution in [0.25, 0.3) is 0 Å². The number of alkyl halides is 3.